The topological polar surface area (TPSA) is 113 Å². The summed E-state index contributed by atoms with van der Waals surface area (Å²) in [6.07, 6.45) is 9.48. The van der Waals surface area contributed by atoms with Crippen molar-refractivity contribution in [2.24, 2.45) is 22.7 Å². The van der Waals surface area contributed by atoms with Gasteiger partial charge >= 0.3 is 15.6 Å². The summed E-state index contributed by atoms with van der Waals surface area (Å²) < 4.78 is 30.6. The van der Waals surface area contributed by atoms with Crippen molar-refractivity contribution in [2.45, 2.75) is 72.6 Å². The van der Waals surface area contributed by atoms with E-state index in [1.165, 1.54) is 31.3 Å². The molecule has 29 heavy (non-hydrogen) atoms. The predicted molar refractivity (Wildman–Crippen MR) is 113 cm³/mol. The van der Waals surface area contributed by atoms with Gasteiger partial charge in [0.15, 0.2) is 0 Å². The fourth-order valence-electron chi connectivity index (χ4n) is 5.71. The maximum absolute atomic E-state index is 11.5. The molecule has 2 saturated carbocycles. The highest BCUT2D eigenvalue weighted by Gasteiger charge is 2.52. The van der Waals surface area contributed by atoms with Gasteiger partial charge in [0.05, 0.1) is 6.61 Å². The van der Waals surface area contributed by atoms with Gasteiger partial charge in [-0.05, 0) is 68.1 Å². The van der Waals surface area contributed by atoms with E-state index >= 15 is 0 Å². The zero-order valence-electron chi connectivity index (χ0n) is 18.0. The Balaban J connectivity index is 1.97. The molecule has 0 amide bonds. The third-order valence-corrected chi connectivity index (χ3v) is 9.18. The van der Waals surface area contributed by atoms with E-state index in [-0.39, 0.29) is 12.0 Å². The molecular formula is C20H36O7P2. The molecule has 0 aromatic rings. The van der Waals surface area contributed by atoms with Crippen LogP contribution in [0, 0.1) is 22.7 Å². The van der Waals surface area contributed by atoms with Crippen LogP contribution >= 0.6 is 15.6 Å². The van der Waals surface area contributed by atoms with Gasteiger partial charge in [0, 0.05) is 0 Å². The molecule has 4 atom stereocenters. The van der Waals surface area contributed by atoms with Gasteiger partial charge in [0.2, 0.25) is 0 Å². The second-order valence-electron chi connectivity index (χ2n) is 9.58. The quantitative estimate of drug-likeness (QED) is 0.319. The van der Waals surface area contributed by atoms with Crippen molar-refractivity contribution in [3.8, 4) is 0 Å². The first-order valence-electron chi connectivity index (χ1n) is 10.2. The highest BCUT2D eigenvalue weighted by Crippen LogP contribution is 2.62. The maximum atomic E-state index is 11.5. The molecule has 0 bridgehead atoms. The van der Waals surface area contributed by atoms with Crippen molar-refractivity contribution < 1.29 is 32.6 Å². The molecule has 2 aliphatic carbocycles. The zero-order valence-corrected chi connectivity index (χ0v) is 19.8. The Kier molecular flexibility index (Phi) is 7.83. The molecule has 2 aliphatic rings. The van der Waals surface area contributed by atoms with Crippen LogP contribution in [0.1, 0.15) is 72.6 Å². The van der Waals surface area contributed by atoms with Crippen LogP contribution in [0.3, 0.4) is 0 Å². The first-order valence-corrected chi connectivity index (χ1v) is 13.3. The Bertz CT molecular complexity index is 739. The molecule has 168 valence electrons. The Hall–Kier alpha value is -0.260. The number of phosphoric acid groups is 2. The smallest absolute Gasteiger partial charge is 0.302 e. The van der Waals surface area contributed by atoms with Gasteiger partial charge in [-0.1, -0.05) is 51.0 Å². The van der Waals surface area contributed by atoms with E-state index < -0.39 is 15.6 Å². The molecule has 1 unspecified atom stereocenters. The van der Waals surface area contributed by atoms with E-state index in [4.69, 9.17) is 9.79 Å². The number of rotatable bonds is 8. The number of allylic oxidation sites excluding steroid dienone is 2. The second kappa shape index (κ2) is 9.08. The number of hydrogen-bond donors (Lipinski definition) is 3. The SMILES string of the molecule is C=C1CC[C@@H]2C(C)(C)CCC[C@]2(C)[C@H]1CC/C(C)=C/COP(=O)(O)OP(=O)(O)O. The van der Waals surface area contributed by atoms with E-state index in [0.717, 1.165) is 24.8 Å². The van der Waals surface area contributed by atoms with Crippen LogP contribution in [0.25, 0.3) is 0 Å². The summed E-state index contributed by atoms with van der Waals surface area (Å²) in [5.41, 5.74) is 2.94. The van der Waals surface area contributed by atoms with E-state index in [0.29, 0.717) is 17.3 Å². The molecule has 9 heteroatoms. The third kappa shape index (κ3) is 6.61. The average Bonchev–Trinajstić information content (AvgIpc) is 2.50. The number of hydrogen-bond acceptors (Lipinski definition) is 4. The van der Waals surface area contributed by atoms with Gasteiger partial charge in [-0.2, -0.15) is 4.31 Å². The summed E-state index contributed by atoms with van der Waals surface area (Å²) in [4.78, 5) is 26.6. The summed E-state index contributed by atoms with van der Waals surface area (Å²) >= 11 is 0. The Morgan fingerprint density at radius 1 is 1.24 bits per heavy atom. The van der Waals surface area contributed by atoms with Crippen molar-refractivity contribution >= 4 is 15.6 Å². The van der Waals surface area contributed by atoms with Crippen LogP contribution in [0.15, 0.2) is 23.8 Å². The predicted octanol–water partition coefficient (Wildman–Crippen LogP) is 5.74. The van der Waals surface area contributed by atoms with Crippen molar-refractivity contribution in [3.63, 3.8) is 0 Å². The van der Waals surface area contributed by atoms with Crippen LogP contribution in [0.5, 0.6) is 0 Å². The van der Waals surface area contributed by atoms with Gasteiger partial charge < -0.3 is 14.7 Å². The molecule has 0 aliphatic heterocycles. The number of fused-ring (bicyclic) bond motifs is 1. The van der Waals surface area contributed by atoms with Gasteiger partial charge in [-0.3, -0.25) is 4.52 Å². The summed E-state index contributed by atoms with van der Waals surface area (Å²) in [6.45, 7) is 13.3. The molecule has 2 rings (SSSR count). The molecule has 3 N–H and O–H groups in total. The highest BCUT2D eigenvalue weighted by molar-refractivity contribution is 7.60. The van der Waals surface area contributed by atoms with Gasteiger partial charge in [0.1, 0.15) is 0 Å². The van der Waals surface area contributed by atoms with Crippen molar-refractivity contribution in [2.75, 3.05) is 6.61 Å². The molecular weight excluding hydrogens is 414 g/mol. The second-order valence-corrected chi connectivity index (χ2v) is 12.4. The molecule has 0 spiro atoms. The fraction of sp³-hybridized carbons (Fsp3) is 0.800. The van der Waals surface area contributed by atoms with Gasteiger partial charge in [-0.25, -0.2) is 9.13 Å². The van der Waals surface area contributed by atoms with Crippen molar-refractivity contribution in [1.29, 1.82) is 0 Å². The Morgan fingerprint density at radius 3 is 2.52 bits per heavy atom. The fourth-order valence-corrected chi connectivity index (χ4v) is 7.24. The minimum Gasteiger partial charge on any atom is -0.302 e. The van der Waals surface area contributed by atoms with E-state index in [9.17, 15) is 14.0 Å². The van der Waals surface area contributed by atoms with Crippen LogP contribution in [0.2, 0.25) is 0 Å². The van der Waals surface area contributed by atoms with E-state index in [1.807, 2.05) is 6.92 Å². The third-order valence-electron chi connectivity index (χ3n) is 7.03. The lowest BCUT2D eigenvalue weighted by Crippen LogP contribution is -2.49. The molecule has 0 radical (unpaired) electrons. The first kappa shape index (κ1) is 25.0. The number of phosphoric ester groups is 1. The summed E-state index contributed by atoms with van der Waals surface area (Å²) in [5.74, 6) is 1.14. The van der Waals surface area contributed by atoms with Crippen LogP contribution < -0.4 is 0 Å². The van der Waals surface area contributed by atoms with Crippen LogP contribution in [-0.4, -0.2) is 21.3 Å². The molecule has 0 aromatic carbocycles. The average molecular weight is 450 g/mol. The lowest BCUT2D eigenvalue weighted by atomic mass is 9.47. The largest absolute Gasteiger partial charge is 0.481 e. The summed E-state index contributed by atoms with van der Waals surface area (Å²) in [7, 11) is -9.88. The monoisotopic (exact) mass is 450 g/mol. The standard InChI is InChI=1S/C20H36O7P2/c1-15(11-14-26-29(24,25)27-28(21,22)23)7-9-17-16(2)8-10-18-19(3,4)12-6-13-20(17,18)5/h11,17-18H,2,6-10,12-14H2,1,3-5H3,(H,24,25)(H2,21,22,23)/b15-11+/t17-,18+,20+/m0/s1. The molecule has 7 nitrogen and oxygen atoms in total. The zero-order chi connectivity index (χ0) is 22.1. The minimum atomic E-state index is -5.09. The lowest BCUT2D eigenvalue weighted by molar-refractivity contribution is -0.0539. The van der Waals surface area contributed by atoms with Crippen LogP contribution in [0.4, 0.5) is 0 Å². The minimum absolute atomic E-state index is 0.252. The maximum Gasteiger partial charge on any atom is 0.481 e. The lowest BCUT2D eigenvalue weighted by Gasteiger charge is -2.58. The molecule has 0 aromatic heterocycles. The van der Waals surface area contributed by atoms with E-state index in [1.54, 1.807) is 6.08 Å². The Labute approximate surface area is 174 Å². The van der Waals surface area contributed by atoms with Gasteiger partial charge in [0.25, 0.3) is 0 Å². The Morgan fingerprint density at radius 2 is 1.90 bits per heavy atom. The summed E-state index contributed by atoms with van der Waals surface area (Å²) in [6, 6.07) is 0. The van der Waals surface area contributed by atoms with Crippen molar-refractivity contribution in [1.82, 2.24) is 0 Å². The van der Waals surface area contributed by atoms with Crippen LogP contribution in [-0.2, 0) is 18.0 Å². The molecule has 0 heterocycles. The normalized spacial score (nSPS) is 32.5. The first-order chi connectivity index (χ1) is 13.2. The summed E-state index contributed by atoms with van der Waals surface area (Å²) in [5, 5.41) is 0. The molecule has 2 fully saturated rings. The highest BCUT2D eigenvalue weighted by atomic mass is 31.3. The van der Waals surface area contributed by atoms with Crippen molar-refractivity contribution in [3.05, 3.63) is 23.8 Å². The molecule has 0 saturated heterocycles. The van der Waals surface area contributed by atoms with Gasteiger partial charge in [-0.15, -0.1) is 0 Å². The van der Waals surface area contributed by atoms with E-state index in [2.05, 4.69) is 36.2 Å².